The fourth-order valence-electron chi connectivity index (χ4n) is 4.72. The van der Waals surface area contributed by atoms with Crippen molar-refractivity contribution in [2.75, 3.05) is 33.5 Å². The number of esters is 2. The first kappa shape index (κ1) is 31.5. The Balaban J connectivity index is 1.63. The number of nitro benzene ring substituents is 1. The monoisotopic (exact) mass is 606 g/mol. The van der Waals surface area contributed by atoms with Crippen LogP contribution in [0.3, 0.4) is 0 Å². The minimum atomic E-state index is -5.06. The number of hydrogen-bond donors (Lipinski definition) is 0. The first-order chi connectivity index (χ1) is 20.4. The summed E-state index contributed by atoms with van der Waals surface area (Å²) in [6, 6.07) is 9.85. The number of hydrogen-bond acceptors (Lipinski definition) is 10. The van der Waals surface area contributed by atoms with Crippen molar-refractivity contribution in [2.24, 2.45) is 10.9 Å². The lowest BCUT2D eigenvalue weighted by atomic mass is 9.75. The van der Waals surface area contributed by atoms with E-state index in [1.54, 1.807) is 18.2 Å². The van der Waals surface area contributed by atoms with Gasteiger partial charge in [-0.05, 0) is 37.1 Å². The molecule has 0 radical (unpaired) electrons. The van der Waals surface area contributed by atoms with Gasteiger partial charge in [0, 0.05) is 30.2 Å². The van der Waals surface area contributed by atoms with Crippen molar-refractivity contribution in [3.63, 3.8) is 0 Å². The molecule has 230 valence electrons. The fourth-order valence-corrected chi connectivity index (χ4v) is 4.72. The highest BCUT2D eigenvalue weighted by molar-refractivity contribution is 6.10. The van der Waals surface area contributed by atoms with Crippen molar-refractivity contribution < 1.29 is 51.4 Å². The standard InChI is InChI=1S/C29H29F3N2O9/c1-4-40-28(36)25-24(18-6-5-7-19(13-18)34(37)38)23(16(2)33-26(25)29(30,31)32)27(35)41-11-10-17-8-9-21(22(12-17)39-3)43-15-20-14-42-20/h5-9,12-13,20,24-25H,4,10-11,14-15H2,1-3H3. The number of epoxide rings is 1. The zero-order chi connectivity index (χ0) is 31.3. The van der Waals surface area contributed by atoms with E-state index in [-0.39, 0.29) is 42.6 Å². The Morgan fingerprint density at radius 2 is 1.88 bits per heavy atom. The van der Waals surface area contributed by atoms with Crippen molar-refractivity contribution in [2.45, 2.75) is 38.5 Å². The normalized spacial score (nSPS) is 19.8. The van der Waals surface area contributed by atoms with Crippen LogP contribution in [0, 0.1) is 16.0 Å². The molecule has 1 fully saturated rings. The maximum Gasteiger partial charge on any atom is 0.430 e. The zero-order valence-corrected chi connectivity index (χ0v) is 23.5. The summed E-state index contributed by atoms with van der Waals surface area (Å²) in [5.41, 5.74) is -1.95. The fraction of sp³-hybridized carbons (Fsp3) is 0.414. The number of carbonyl (C=O) groups excluding carboxylic acids is 2. The molecule has 3 unspecified atom stereocenters. The molecule has 0 aromatic heterocycles. The number of aliphatic imine (C=N–C) groups is 1. The van der Waals surface area contributed by atoms with E-state index in [0.29, 0.717) is 30.3 Å². The molecule has 2 heterocycles. The maximum atomic E-state index is 14.2. The van der Waals surface area contributed by atoms with Gasteiger partial charge in [0.25, 0.3) is 5.69 Å². The first-order valence-electron chi connectivity index (χ1n) is 13.3. The van der Waals surface area contributed by atoms with E-state index >= 15 is 0 Å². The molecule has 0 spiro atoms. The SMILES string of the molecule is CCOC(=O)C1C(C(F)(F)F)=NC(C)=C(C(=O)OCCc2ccc(OCC3CO3)c(OC)c2)C1c1cccc([N+](=O)[O-])c1. The van der Waals surface area contributed by atoms with Crippen molar-refractivity contribution in [1.29, 1.82) is 0 Å². The lowest BCUT2D eigenvalue weighted by Gasteiger charge is -2.33. The lowest BCUT2D eigenvalue weighted by molar-refractivity contribution is -0.384. The molecule has 0 amide bonds. The van der Waals surface area contributed by atoms with Gasteiger partial charge in [-0.3, -0.25) is 19.9 Å². The summed E-state index contributed by atoms with van der Waals surface area (Å²) in [5, 5.41) is 11.5. The van der Waals surface area contributed by atoms with Crippen LogP contribution in [0.2, 0.25) is 0 Å². The number of nitrogens with zero attached hydrogens (tertiary/aromatic N) is 2. The second-order valence-corrected chi connectivity index (χ2v) is 9.69. The molecule has 11 nitrogen and oxygen atoms in total. The molecular formula is C29H29F3N2O9. The summed E-state index contributed by atoms with van der Waals surface area (Å²) in [4.78, 5) is 40.7. The quantitative estimate of drug-likeness (QED) is 0.145. The van der Waals surface area contributed by atoms with Gasteiger partial charge in [0.15, 0.2) is 11.5 Å². The Bertz CT molecular complexity index is 1450. The summed E-state index contributed by atoms with van der Waals surface area (Å²) in [7, 11) is 1.47. The van der Waals surface area contributed by atoms with Crippen molar-refractivity contribution in [3.8, 4) is 11.5 Å². The molecule has 2 aliphatic rings. The number of halogens is 3. The third kappa shape index (κ3) is 7.49. The van der Waals surface area contributed by atoms with Gasteiger partial charge in [0.05, 0.1) is 37.4 Å². The molecule has 0 N–H and O–H groups in total. The van der Waals surface area contributed by atoms with Crippen LogP contribution in [-0.4, -0.2) is 68.4 Å². The second kappa shape index (κ2) is 13.2. The van der Waals surface area contributed by atoms with Crippen LogP contribution in [0.5, 0.6) is 11.5 Å². The van der Waals surface area contributed by atoms with Crippen LogP contribution in [0.15, 0.2) is 58.7 Å². The summed E-state index contributed by atoms with van der Waals surface area (Å²) in [6.07, 6.45) is -4.80. The zero-order valence-electron chi connectivity index (χ0n) is 23.5. The Morgan fingerprint density at radius 3 is 2.51 bits per heavy atom. The topological polar surface area (TPSA) is 139 Å². The van der Waals surface area contributed by atoms with Crippen LogP contribution >= 0.6 is 0 Å². The van der Waals surface area contributed by atoms with Crippen molar-refractivity contribution in [1.82, 2.24) is 0 Å². The largest absolute Gasteiger partial charge is 0.493 e. The van der Waals surface area contributed by atoms with Gasteiger partial charge < -0.3 is 23.7 Å². The summed E-state index contributed by atoms with van der Waals surface area (Å²) >= 11 is 0. The van der Waals surface area contributed by atoms with Crippen LogP contribution in [0.4, 0.5) is 18.9 Å². The molecule has 0 aliphatic carbocycles. The average Bonchev–Trinajstić information content (AvgIpc) is 3.80. The predicted octanol–water partition coefficient (Wildman–Crippen LogP) is 4.72. The van der Waals surface area contributed by atoms with Gasteiger partial charge in [-0.25, -0.2) is 4.79 Å². The maximum absolute atomic E-state index is 14.2. The lowest BCUT2D eigenvalue weighted by Crippen LogP contribution is -2.44. The van der Waals surface area contributed by atoms with E-state index in [1.165, 1.54) is 33.1 Å². The number of alkyl halides is 3. The highest BCUT2D eigenvalue weighted by Gasteiger charge is 2.53. The third-order valence-electron chi connectivity index (χ3n) is 6.79. The smallest absolute Gasteiger partial charge is 0.430 e. The van der Waals surface area contributed by atoms with E-state index < -0.39 is 46.3 Å². The van der Waals surface area contributed by atoms with Gasteiger partial charge in [-0.1, -0.05) is 18.2 Å². The highest BCUT2D eigenvalue weighted by Crippen LogP contribution is 2.44. The highest BCUT2D eigenvalue weighted by atomic mass is 19.4. The van der Waals surface area contributed by atoms with E-state index in [2.05, 4.69) is 4.99 Å². The van der Waals surface area contributed by atoms with E-state index in [1.807, 2.05) is 0 Å². The van der Waals surface area contributed by atoms with Gasteiger partial charge in [0.1, 0.15) is 24.3 Å². The summed E-state index contributed by atoms with van der Waals surface area (Å²) < 4.78 is 69.1. The summed E-state index contributed by atoms with van der Waals surface area (Å²) in [5.74, 6) is -5.07. The number of benzene rings is 2. The Labute approximate surface area is 244 Å². The number of rotatable bonds is 12. The Hall–Kier alpha value is -4.46. The van der Waals surface area contributed by atoms with Crippen LogP contribution < -0.4 is 9.47 Å². The Morgan fingerprint density at radius 1 is 1.14 bits per heavy atom. The molecule has 3 atom stereocenters. The van der Waals surface area contributed by atoms with Crippen LogP contribution in [0.25, 0.3) is 0 Å². The van der Waals surface area contributed by atoms with E-state index in [9.17, 15) is 32.9 Å². The molecule has 14 heteroatoms. The van der Waals surface area contributed by atoms with Crippen LogP contribution in [0.1, 0.15) is 30.9 Å². The molecule has 0 bridgehead atoms. The number of methoxy groups -OCH3 is 1. The number of carbonyl (C=O) groups is 2. The molecule has 2 aliphatic heterocycles. The first-order valence-corrected chi connectivity index (χ1v) is 13.3. The molecule has 0 saturated carbocycles. The molecule has 2 aromatic rings. The minimum Gasteiger partial charge on any atom is -0.493 e. The molecule has 2 aromatic carbocycles. The number of allylic oxidation sites excluding steroid dienone is 1. The summed E-state index contributed by atoms with van der Waals surface area (Å²) in [6.45, 7) is 3.18. The van der Waals surface area contributed by atoms with Crippen molar-refractivity contribution >= 4 is 23.3 Å². The average molecular weight is 607 g/mol. The van der Waals surface area contributed by atoms with Gasteiger partial charge in [0.2, 0.25) is 0 Å². The molecule has 4 rings (SSSR count). The van der Waals surface area contributed by atoms with Gasteiger partial charge in [-0.2, -0.15) is 13.2 Å². The molecule has 43 heavy (non-hydrogen) atoms. The number of ether oxygens (including phenoxy) is 5. The van der Waals surface area contributed by atoms with Crippen LogP contribution in [-0.2, 0) is 30.2 Å². The number of nitro groups is 1. The second-order valence-electron chi connectivity index (χ2n) is 9.69. The molecular weight excluding hydrogens is 577 g/mol. The van der Waals surface area contributed by atoms with E-state index in [0.717, 1.165) is 12.1 Å². The minimum absolute atomic E-state index is 0.0483. The van der Waals surface area contributed by atoms with E-state index in [4.69, 9.17) is 23.7 Å². The van der Waals surface area contributed by atoms with Gasteiger partial charge >= 0.3 is 18.1 Å². The van der Waals surface area contributed by atoms with Crippen molar-refractivity contribution in [3.05, 3.63) is 75.0 Å². The Kier molecular flexibility index (Phi) is 9.69. The predicted molar refractivity (Wildman–Crippen MR) is 145 cm³/mol. The third-order valence-corrected chi connectivity index (χ3v) is 6.79. The molecule has 1 saturated heterocycles. The number of non-ortho nitro benzene ring substituents is 1. The van der Waals surface area contributed by atoms with Gasteiger partial charge in [-0.15, -0.1) is 0 Å².